The minimum absolute atomic E-state index is 0.126. The van der Waals surface area contributed by atoms with Gasteiger partial charge in [-0.3, -0.25) is 4.79 Å². The van der Waals surface area contributed by atoms with Gasteiger partial charge in [-0.05, 0) is 12.0 Å². The van der Waals surface area contributed by atoms with Crippen molar-refractivity contribution in [3.05, 3.63) is 60.5 Å². The van der Waals surface area contributed by atoms with Gasteiger partial charge in [0.1, 0.15) is 10.6 Å². The van der Waals surface area contributed by atoms with Crippen LogP contribution >= 0.6 is 11.8 Å². The number of carbonyl (C=O) groups is 1. The van der Waals surface area contributed by atoms with Crippen LogP contribution in [0.2, 0.25) is 0 Å². The minimum atomic E-state index is -0.157. The Morgan fingerprint density at radius 3 is 3.13 bits per heavy atom. The monoisotopic (exact) mass is 328 g/mol. The SMILES string of the molecule is BOC(=O)[C@H]1CN2C(=C)[C@@H](NC(=C)CC3=CC=CCC=C3)C2S1. The first-order valence-electron chi connectivity index (χ1n) is 7.75. The second-order valence-electron chi connectivity index (χ2n) is 5.89. The normalized spacial score (nSPS) is 28.5. The van der Waals surface area contributed by atoms with E-state index in [1.165, 1.54) is 13.6 Å². The van der Waals surface area contributed by atoms with Crippen molar-refractivity contribution in [1.29, 1.82) is 0 Å². The first kappa shape index (κ1) is 16.1. The number of rotatable bonds is 5. The minimum Gasteiger partial charge on any atom is -0.543 e. The van der Waals surface area contributed by atoms with Gasteiger partial charge in [0.05, 0.1) is 6.04 Å². The zero-order chi connectivity index (χ0) is 16.4. The maximum absolute atomic E-state index is 11.7. The number of nitrogens with one attached hydrogen (secondary N) is 1. The Bertz CT molecular complexity index is 626. The maximum atomic E-state index is 11.7. The van der Waals surface area contributed by atoms with E-state index in [4.69, 9.17) is 4.65 Å². The topological polar surface area (TPSA) is 41.6 Å². The number of hydrogen-bond donors (Lipinski definition) is 1. The van der Waals surface area contributed by atoms with Gasteiger partial charge in [0, 0.05) is 24.4 Å². The average molecular weight is 328 g/mol. The smallest absolute Gasteiger partial charge is 0.326 e. The molecule has 0 aromatic heterocycles. The molecule has 0 radical (unpaired) electrons. The molecule has 0 amide bonds. The van der Waals surface area contributed by atoms with Crippen LogP contribution in [0.3, 0.4) is 0 Å². The van der Waals surface area contributed by atoms with Gasteiger partial charge in [0.25, 0.3) is 0 Å². The van der Waals surface area contributed by atoms with Gasteiger partial charge in [-0.15, -0.1) is 11.8 Å². The first-order valence-corrected chi connectivity index (χ1v) is 8.69. The fraction of sp³-hybridized carbons (Fsp3) is 0.353. The van der Waals surface area contributed by atoms with E-state index >= 15 is 0 Å². The van der Waals surface area contributed by atoms with Crippen LogP contribution in [-0.4, -0.2) is 42.1 Å². The van der Waals surface area contributed by atoms with Crippen LogP contribution in [0, 0.1) is 0 Å². The molecule has 4 nitrogen and oxygen atoms in total. The lowest BCUT2D eigenvalue weighted by atomic mass is 10.0. The van der Waals surface area contributed by atoms with Gasteiger partial charge in [-0.2, -0.15) is 0 Å². The standard InChI is InChI=1S/C17H21BN2O2S/c1-11(9-13-7-5-3-4-6-8-13)19-15-12(2)20-10-14(17(21)22-18)23-16(15)20/h3,5-8,14-16,19H,1-2,4,9-10,18H2/t14-,15-,16?/m1/s1. The van der Waals surface area contributed by atoms with Crippen molar-refractivity contribution in [2.24, 2.45) is 0 Å². The van der Waals surface area contributed by atoms with Crippen molar-refractivity contribution in [2.75, 3.05) is 6.54 Å². The number of fused-ring (bicyclic) bond motifs is 1. The summed E-state index contributed by atoms with van der Waals surface area (Å²) in [5, 5.41) is 3.59. The summed E-state index contributed by atoms with van der Waals surface area (Å²) in [5.41, 5.74) is 3.24. The Hall–Kier alpha value is -1.82. The summed E-state index contributed by atoms with van der Waals surface area (Å²) in [7, 11) is 1.44. The molecule has 0 aromatic carbocycles. The second kappa shape index (κ2) is 6.75. The molecule has 3 rings (SSSR count). The zero-order valence-corrected chi connectivity index (χ0v) is 14.1. The van der Waals surface area contributed by atoms with Gasteiger partial charge in [-0.1, -0.05) is 43.5 Å². The second-order valence-corrected chi connectivity index (χ2v) is 7.22. The lowest BCUT2D eigenvalue weighted by Gasteiger charge is -2.47. The van der Waals surface area contributed by atoms with Crippen LogP contribution in [-0.2, 0) is 9.45 Å². The summed E-state index contributed by atoms with van der Waals surface area (Å²) >= 11 is 1.64. The molecule has 0 saturated carbocycles. The van der Waals surface area contributed by atoms with E-state index in [9.17, 15) is 4.79 Å². The highest BCUT2D eigenvalue weighted by Gasteiger charge is 2.51. The maximum Gasteiger partial charge on any atom is 0.326 e. The number of allylic oxidation sites excluding steroid dienone is 6. The molecule has 2 saturated heterocycles. The molecule has 3 atom stereocenters. The van der Waals surface area contributed by atoms with Crippen LogP contribution < -0.4 is 5.32 Å². The average Bonchev–Trinajstić information content (AvgIpc) is 2.77. The van der Waals surface area contributed by atoms with Crippen LogP contribution in [0.5, 0.6) is 0 Å². The number of nitrogens with zero attached hydrogens (tertiary/aromatic N) is 1. The molecular formula is C17H21BN2O2S. The highest BCUT2D eigenvalue weighted by Crippen LogP contribution is 2.45. The fourth-order valence-electron chi connectivity index (χ4n) is 3.04. The van der Waals surface area contributed by atoms with E-state index in [1.807, 2.05) is 0 Å². The largest absolute Gasteiger partial charge is 0.543 e. The molecule has 1 unspecified atom stereocenters. The van der Waals surface area contributed by atoms with Gasteiger partial charge < -0.3 is 14.9 Å². The molecule has 1 aliphatic carbocycles. The summed E-state index contributed by atoms with van der Waals surface area (Å²) < 4.78 is 4.85. The molecule has 2 fully saturated rings. The molecule has 120 valence electrons. The van der Waals surface area contributed by atoms with Crippen molar-refractivity contribution in [3.8, 4) is 0 Å². The van der Waals surface area contributed by atoms with Crippen molar-refractivity contribution >= 4 is 25.8 Å². The molecular weight excluding hydrogens is 307 g/mol. The Kier molecular flexibility index (Phi) is 4.71. The van der Waals surface area contributed by atoms with Crippen molar-refractivity contribution in [2.45, 2.75) is 29.5 Å². The van der Waals surface area contributed by atoms with Gasteiger partial charge in [-0.25, -0.2) is 0 Å². The summed E-state index contributed by atoms with van der Waals surface area (Å²) in [6, 6.07) is 0.146. The Balaban J connectivity index is 1.56. The lowest BCUT2D eigenvalue weighted by Crippen LogP contribution is -2.58. The molecule has 1 N–H and O–H groups in total. The predicted molar refractivity (Wildman–Crippen MR) is 97.3 cm³/mol. The third-order valence-electron chi connectivity index (χ3n) is 4.28. The molecule has 6 heteroatoms. The van der Waals surface area contributed by atoms with Crippen molar-refractivity contribution in [3.63, 3.8) is 0 Å². The molecule has 3 aliphatic rings. The fourth-order valence-corrected chi connectivity index (χ4v) is 4.58. The van der Waals surface area contributed by atoms with Crippen LogP contribution in [0.15, 0.2) is 60.5 Å². The number of carbonyl (C=O) groups excluding carboxylic acids is 1. The van der Waals surface area contributed by atoms with E-state index in [0.717, 1.165) is 24.2 Å². The zero-order valence-electron chi connectivity index (χ0n) is 13.3. The molecule has 0 spiro atoms. The van der Waals surface area contributed by atoms with E-state index in [-0.39, 0.29) is 22.6 Å². The third kappa shape index (κ3) is 3.27. The summed E-state index contributed by atoms with van der Waals surface area (Å²) in [5.74, 6) is -0.157. The molecule has 2 aliphatic heterocycles. The van der Waals surface area contributed by atoms with Gasteiger partial charge in [0.15, 0.2) is 0 Å². The first-order chi connectivity index (χ1) is 11.1. The quantitative estimate of drug-likeness (QED) is 0.778. The Labute approximate surface area is 142 Å². The lowest BCUT2D eigenvalue weighted by molar-refractivity contribution is -0.133. The van der Waals surface area contributed by atoms with Gasteiger partial charge >= 0.3 is 14.0 Å². The molecule has 2 heterocycles. The van der Waals surface area contributed by atoms with Crippen LogP contribution in [0.25, 0.3) is 0 Å². The Morgan fingerprint density at radius 2 is 2.35 bits per heavy atom. The summed E-state index contributed by atoms with van der Waals surface area (Å²) in [4.78, 5) is 13.9. The highest BCUT2D eigenvalue weighted by atomic mass is 32.2. The van der Waals surface area contributed by atoms with E-state index in [0.29, 0.717) is 6.54 Å². The number of thioether (sulfide) groups is 1. The summed E-state index contributed by atoms with van der Waals surface area (Å²) in [6.07, 6.45) is 12.4. The van der Waals surface area contributed by atoms with Crippen molar-refractivity contribution in [1.82, 2.24) is 10.2 Å². The summed E-state index contributed by atoms with van der Waals surface area (Å²) in [6.45, 7) is 8.97. The highest BCUT2D eigenvalue weighted by molar-refractivity contribution is 8.01. The molecule has 0 bridgehead atoms. The third-order valence-corrected chi connectivity index (χ3v) is 5.75. The Morgan fingerprint density at radius 1 is 1.52 bits per heavy atom. The molecule has 0 aromatic rings. The van der Waals surface area contributed by atoms with E-state index in [2.05, 4.69) is 53.8 Å². The number of hydrogen-bond acceptors (Lipinski definition) is 5. The van der Waals surface area contributed by atoms with Crippen LogP contribution in [0.1, 0.15) is 12.8 Å². The van der Waals surface area contributed by atoms with Crippen molar-refractivity contribution < 1.29 is 9.45 Å². The van der Waals surface area contributed by atoms with E-state index < -0.39 is 0 Å². The van der Waals surface area contributed by atoms with E-state index in [1.54, 1.807) is 11.8 Å². The van der Waals surface area contributed by atoms with Crippen LogP contribution in [0.4, 0.5) is 0 Å². The molecule has 23 heavy (non-hydrogen) atoms. The van der Waals surface area contributed by atoms with Gasteiger partial charge in [0.2, 0.25) is 0 Å². The predicted octanol–water partition coefficient (Wildman–Crippen LogP) is 1.65.